The lowest BCUT2D eigenvalue weighted by Gasteiger charge is -2.29. The maximum absolute atomic E-state index is 11.5. The average Bonchev–Trinajstić information content (AvgIpc) is 2.26. The van der Waals surface area contributed by atoms with Crippen molar-refractivity contribution < 1.29 is 4.79 Å². The third-order valence-corrected chi connectivity index (χ3v) is 3.25. The Morgan fingerprint density at radius 3 is 2.80 bits per heavy atom. The summed E-state index contributed by atoms with van der Waals surface area (Å²) in [5.41, 5.74) is 0. The SMILES string of the molecule is CN[C@H]1CCC[C@@H](NC(=O)CCCCl)C1. The molecule has 88 valence electrons. The van der Waals surface area contributed by atoms with Crippen molar-refractivity contribution in [3.8, 4) is 0 Å². The van der Waals surface area contributed by atoms with E-state index in [1.54, 1.807) is 0 Å². The highest BCUT2D eigenvalue weighted by Crippen LogP contribution is 2.18. The molecule has 0 aromatic heterocycles. The van der Waals surface area contributed by atoms with Gasteiger partial charge in [0.2, 0.25) is 5.91 Å². The van der Waals surface area contributed by atoms with Gasteiger partial charge in [0.25, 0.3) is 0 Å². The van der Waals surface area contributed by atoms with Crippen LogP contribution in [0.1, 0.15) is 38.5 Å². The summed E-state index contributed by atoms with van der Waals surface area (Å²) >= 11 is 5.54. The largest absolute Gasteiger partial charge is 0.353 e. The Hall–Kier alpha value is -0.280. The van der Waals surface area contributed by atoms with Crippen LogP contribution in [0, 0.1) is 0 Å². The first kappa shape index (κ1) is 12.8. The van der Waals surface area contributed by atoms with Crippen LogP contribution in [-0.4, -0.2) is 30.9 Å². The summed E-state index contributed by atoms with van der Waals surface area (Å²) in [6, 6.07) is 0.927. The molecular weight excluding hydrogens is 212 g/mol. The zero-order chi connectivity index (χ0) is 11.1. The molecule has 0 saturated heterocycles. The standard InChI is InChI=1S/C11H21ClN2O/c1-13-9-4-2-5-10(8-9)14-11(15)6-3-7-12/h9-10,13H,2-8H2,1H3,(H,14,15)/t9-,10+/m0/s1. The molecule has 1 aliphatic rings. The zero-order valence-electron chi connectivity index (χ0n) is 9.39. The highest BCUT2D eigenvalue weighted by Gasteiger charge is 2.21. The summed E-state index contributed by atoms with van der Waals surface area (Å²) in [7, 11) is 1.99. The summed E-state index contributed by atoms with van der Waals surface area (Å²) in [5.74, 6) is 0.717. The number of hydrogen-bond donors (Lipinski definition) is 2. The maximum atomic E-state index is 11.5. The molecule has 4 heteroatoms. The Labute approximate surface area is 96.9 Å². The first-order valence-electron chi connectivity index (χ1n) is 5.79. The third kappa shape index (κ3) is 4.85. The molecule has 2 atom stereocenters. The Kier molecular flexibility index (Phi) is 6.03. The number of rotatable bonds is 5. The molecule has 0 aromatic rings. The molecule has 0 heterocycles. The quantitative estimate of drug-likeness (QED) is 0.708. The van der Waals surface area contributed by atoms with Crippen LogP contribution in [0.5, 0.6) is 0 Å². The summed E-state index contributed by atoms with van der Waals surface area (Å²) < 4.78 is 0. The average molecular weight is 233 g/mol. The van der Waals surface area contributed by atoms with Crippen LogP contribution >= 0.6 is 11.6 Å². The predicted molar refractivity (Wildman–Crippen MR) is 63.2 cm³/mol. The maximum Gasteiger partial charge on any atom is 0.220 e. The van der Waals surface area contributed by atoms with Crippen molar-refractivity contribution in [2.45, 2.75) is 50.6 Å². The second-order valence-corrected chi connectivity index (χ2v) is 4.59. The topological polar surface area (TPSA) is 41.1 Å². The predicted octanol–water partition coefficient (Wildman–Crippen LogP) is 1.65. The van der Waals surface area contributed by atoms with E-state index in [0.29, 0.717) is 24.4 Å². The van der Waals surface area contributed by atoms with Crippen LogP contribution in [0.3, 0.4) is 0 Å². The fourth-order valence-corrected chi connectivity index (χ4v) is 2.24. The monoisotopic (exact) mass is 232 g/mol. The van der Waals surface area contributed by atoms with E-state index in [0.717, 1.165) is 19.3 Å². The van der Waals surface area contributed by atoms with E-state index < -0.39 is 0 Å². The molecule has 0 radical (unpaired) electrons. The number of hydrogen-bond acceptors (Lipinski definition) is 2. The van der Waals surface area contributed by atoms with Gasteiger partial charge in [-0.25, -0.2) is 0 Å². The van der Waals surface area contributed by atoms with Gasteiger partial charge < -0.3 is 10.6 Å². The molecule has 15 heavy (non-hydrogen) atoms. The number of halogens is 1. The van der Waals surface area contributed by atoms with Gasteiger partial charge in [-0.05, 0) is 39.2 Å². The van der Waals surface area contributed by atoms with Crippen molar-refractivity contribution in [3.63, 3.8) is 0 Å². The Morgan fingerprint density at radius 2 is 2.13 bits per heavy atom. The van der Waals surface area contributed by atoms with E-state index in [-0.39, 0.29) is 5.91 Å². The molecule has 1 fully saturated rings. The summed E-state index contributed by atoms with van der Waals surface area (Å²) in [5, 5.41) is 6.36. The lowest BCUT2D eigenvalue weighted by atomic mass is 9.91. The van der Waals surface area contributed by atoms with Crippen molar-refractivity contribution >= 4 is 17.5 Å². The second-order valence-electron chi connectivity index (χ2n) is 4.21. The lowest BCUT2D eigenvalue weighted by Crippen LogP contribution is -2.43. The van der Waals surface area contributed by atoms with Crippen LogP contribution in [0.25, 0.3) is 0 Å². The minimum atomic E-state index is 0.150. The normalized spacial score (nSPS) is 26.3. The number of alkyl halides is 1. The molecule has 1 amide bonds. The number of carbonyl (C=O) groups excluding carboxylic acids is 1. The molecule has 1 rings (SSSR count). The summed E-state index contributed by atoms with van der Waals surface area (Å²) in [6.07, 6.45) is 5.93. The molecule has 0 bridgehead atoms. The van der Waals surface area contributed by atoms with Crippen molar-refractivity contribution in [1.82, 2.24) is 10.6 Å². The highest BCUT2D eigenvalue weighted by molar-refractivity contribution is 6.17. The van der Waals surface area contributed by atoms with E-state index in [9.17, 15) is 4.79 Å². The van der Waals surface area contributed by atoms with Crippen LogP contribution in [0.4, 0.5) is 0 Å². The fraction of sp³-hybridized carbons (Fsp3) is 0.909. The lowest BCUT2D eigenvalue weighted by molar-refractivity contribution is -0.122. The van der Waals surface area contributed by atoms with Gasteiger partial charge in [0.05, 0.1) is 0 Å². The molecule has 0 unspecified atom stereocenters. The van der Waals surface area contributed by atoms with Crippen LogP contribution in [0.15, 0.2) is 0 Å². The molecule has 0 aliphatic heterocycles. The number of nitrogens with one attached hydrogen (secondary N) is 2. The van der Waals surface area contributed by atoms with Crippen LogP contribution < -0.4 is 10.6 Å². The summed E-state index contributed by atoms with van der Waals surface area (Å²) in [4.78, 5) is 11.5. The van der Waals surface area contributed by atoms with Crippen molar-refractivity contribution in [3.05, 3.63) is 0 Å². The molecule has 2 N–H and O–H groups in total. The second kappa shape index (κ2) is 7.07. The molecule has 3 nitrogen and oxygen atoms in total. The zero-order valence-corrected chi connectivity index (χ0v) is 10.1. The van der Waals surface area contributed by atoms with Gasteiger partial charge in [0.1, 0.15) is 0 Å². The molecule has 0 spiro atoms. The van der Waals surface area contributed by atoms with Crippen LogP contribution in [-0.2, 0) is 4.79 Å². The van der Waals surface area contributed by atoms with Crippen molar-refractivity contribution in [1.29, 1.82) is 0 Å². The molecule has 1 saturated carbocycles. The van der Waals surface area contributed by atoms with Crippen molar-refractivity contribution in [2.75, 3.05) is 12.9 Å². The molecular formula is C11H21ClN2O. The molecule has 0 aromatic carbocycles. The van der Waals surface area contributed by atoms with E-state index in [1.165, 1.54) is 12.8 Å². The van der Waals surface area contributed by atoms with Gasteiger partial charge >= 0.3 is 0 Å². The fourth-order valence-electron chi connectivity index (χ4n) is 2.11. The van der Waals surface area contributed by atoms with E-state index >= 15 is 0 Å². The van der Waals surface area contributed by atoms with Gasteiger partial charge in [0, 0.05) is 24.4 Å². The van der Waals surface area contributed by atoms with Gasteiger partial charge in [-0.2, -0.15) is 0 Å². The number of amides is 1. The Bertz CT molecular complexity index is 199. The van der Waals surface area contributed by atoms with E-state index in [1.807, 2.05) is 7.05 Å². The van der Waals surface area contributed by atoms with Gasteiger partial charge in [0.15, 0.2) is 0 Å². The molecule has 1 aliphatic carbocycles. The highest BCUT2D eigenvalue weighted by atomic mass is 35.5. The van der Waals surface area contributed by atoms with E-state index in [2.05, 4.69) is 10.6 Å². The Morgan fingerprint density at radius 1 is 1.40 bits per heavy atom. The van der Waals surface area contributed by atoms with Gasteiger partial charge in [-0.15, -0.1) is 11.6 Å². The third-order valence-electron chi connectivity index (χ3n) is 2.99. The minimum Gasteiger partial charge on any atom is -0.353 e. The first-order valence-corrected chi connectivity index (χ1v) is 6.32. The Balaban J connectivity index is 2.22. The van der Waals surface area contributed by atoms with Gasteiger partial charge in [-0.3, -0.25) is 4.79 Å². The van der Waals surface area contributed by atoms with Crippen LogP contribution in [0.2, 0.25) is 0 Å². The van der Waals surface area contributed by atoms with E-state index in [4.69, 9.17) is 11.6 Å². The van der Waals surface area contributed by atoms with Gasteiger partial charge in [-0.1, -0.05) is 0 Å². The number of carbonyl (C=O) groups is 1. The first-order chi connectivity index (χ1) is 7.26. The van der Waals surface area contributed by atoms with Crippen molar-refractivity contribution in [2.24, 2.45) is 0 Å². The minimum absolute atomic E-state index is 0.150. The summed E-state index contributed by atoms with van der Waals surface area (Å²) in [6.45, 7) is 0. The smallest absolute Gasteiger partial charge is 0.220 e.